The molecule has 0 aliphatic heterocycles. The van der Waals surface area contributed by atoms with Crippen LogP contribution in [-0.2, 0) is 6.54 Å². The Hall–Kier alpha value is -1.85. The van der Waals surface area contributed by atoms with E-state index in [1.807, 2.05) is 0 Å². The van der Waals surface area contributed by atoms with Crippen molar-refractivity contribution in [2.24, 2.45) is 0 Å². The topological polar surface area (TPSA) is 55.2 Å². The lowest BCUT2D eigenvalue weighted by atomic mass is 10.2. The Balaban J connectivity index is 2.23. The Kier molecular flexibility index (Phi) is 4.42. The largest absolute Gasteiger partial charge is 0.375 e. The van der Waals surface area contributed by atoms with Gasteiger partial charge < -0.3 is 5.32 Å². The molecule has 0 fully saturated rings. The standard InChI is InChI=1S/C13H9Cl2FN2O2/c14-9-1-3-11(15)8(5-9)7-17-12-4-2-10(16)6-13(12)18(19)20/h1-6,17H,7H2. The summed E-state index contributed by atoms with van der Waals surface area (Å²) in [7, 11) is 0. The van der Waals surface area contributed by atoms with Crippen LogP contribution in [0.25, 0.3) is 0 Å². The highest BCUT2D eigenvalue weighted by Gasteiger charge is 2.14. The minimum absolute atomic E-state index is 0.215. The number of anilines is 1. The van der Waals surface area contributed by atoms with Gasteiger partial charge in [0.15, 0.2) is 0 Å². The fourth-order valence-corrected chi connectivity index (χ4v) is 2.05. The zero-order valence-electron chi connectivity index (χ0n) is 10.1. The molecule has 4 nitrogen and oxygen atoms in total. The average Bonchev–Trinajstić information content (AvgIpc) is 2.40. The minimum Gasteiger partial charge on any atom is -0.375 e. The van der Waals surface area contributed by atoms with E-state index in [1.54, 1.807) is 18.2 Å². The van der Waals surface area contributed by atoms with E-state index in [9.17, 15) is 14.5 Å². The molecule has 0 aromatic heterocycles. The van der Waals surface area contributed by atoms with Gasteiger partial charge in [0.05, 0.1) is 11.0 Å². The van der Waals surface area contributed by atoms with Crippen molar-refractivity contribution in [2.45, 2.75) is 6.54 Å². The second kappa shape index (κ2) is 6.07. The molecule has 0 aliphatic rings. The van der Waals surface area contributed by atoms with Crippen LogP contribution in [0, 0.1) is 15.9 Å². The Bertz CT molecular complexity index is 665. The predicted molar refractivity (Wildman–Crippen MR) is 76.8 cm³/mol. The van der Waals surface area contributed by atoms with E-state index in [1.165, 1.54) is 6.07 Å². The monoisotopic (exact) mass is 314 g/mol. The van der Waals surface area contributed by atoms with Crippen LogP contribution in [-0.4, -0.2) is 4.92 Å². The second-order valence-corrected chi connectivity index (χ2v) is 4.85. The quantitative estimate of drug-likeness (QED) is 0.660. The zero-order valence-corrected chi connectivity index (χ0v) is 11.6. The molecule has 0 radical (unpaired) electrons. The molecule has 2 rings (SSSR count). The van der Waals surface area contributed by atoms with E-state index in [2.05, 4.69) is 5.32 Å². The van der Waals surface area contributed by atoms with E-state index in [0.29, 0.717) is 15.6 Å². The van der Waals surface area contributed by atoms with Crippen molar-refractivity contribution in [3.8, 4) is 0 Å². The van der Waals surface area contributed by atoms with Crippen LogP contribution in [0.2, 0.25) is 10.0 Å². The van der Waals surface area contributed by atoms with Gasteiger partial charge in [0, 0.05) is 16.6 Å². The van der Waals surface area contributed by atoms with Crippen LogP contribution >= 0.6 is 23.2 Å². The van der Waals surface area contributed by atoms with Gasteiger partial charge in [0.25, 0.3) is 5.69 Å². The summed E-state index contributed by atoms with van der Waals surface area (Å²) in [6.07, 6.45) is 0. The Morgan fingerprint density at radius 2 is 1.95 bits per heavy atom. The lowest BCUT2D eigenvalue weighted by molar-refractivity contribution is -0.384. The summed E-state index contributed by atoms with van der Waals surface area (Å²) in [4.78, 5) is 10.2. The van der Waals surface area contributed by atoms with Crippen molar-refractivity contribution in [2.75, 3.05) is 5.32 Å². The number of hydrogen-bond donors (Lipinski definition) is 1. The zero-order chi connectivity index (χ0) is 14.7. The molecular weight excluding hydrogens is 306 g/mol. The first-order chi connectivity index (χ1) is 9.47. The van der Waals surface area contributed by atoms with E-state index in [-0.39, 0.29) is 17.9 Å². The van der Waals surface area contributed by atoms with Crippen molar-refractivity contribution in [3.63, 3.8) is 0 Å². The number of nitro groups is 1. The van der Waals surface area contributed by atoms with E-state index >= 15 is 0 Å². The fourth-order valence-electron chi connectivity index (χ4n) is 1.67. The van der Waals surface area contributed by atoms with Gasteiger partial charge in [-0.2, -0.15) is 0 Å². The molecule has 0 bridgehead atoms. The first-order valence-electron chi connectivity index (χ1n) is 5.59. The summed E-state index contributed by atoms with van der Waals surface area (Å²) in [5.74, 6) is -0.664. The number of nitro benzene ring substituents is 1. The summed E-state index contributed by atoms with van der Waals surface area (Å²) >= 11 is 11.9. The highest BCUT2D eigenvalue weighted by molar-refractivity contribution is 6.33. The van der Waals surface area contributed by atoms with E-state index in [4.69, 9.17) is 23.2 Å². The summed E-state index contributed by atoms with van der Waals surface area (Å²) in [6.45, 7) is 0.242. The first kappa shape index (κ1) is 14.6. The van der Waals surface area contributed by atoms with Gasteiger partial charge in [-0.3, -0.25) is 10.1 Å². The van der Waals surface area contributed by atoms with Crippen LogP contribution < -0.4 is 5.32 Å². The average molecular weight is 315 g/mol. The van der Waals surface area contributed by atoms with Gasteiger partial charge in [-0.1, -0.05) is 23.2 Å². The number of nitrogens with zero attached hydrogens (tertiary/aromatic N) is 1. The third-order valence-corrected chi connectivity index (χ3v) is 3.24. The summed E-state index contributed by atoms with van der Waals surface area (Å²) in [5.41, 5.74) is 0.577. The molecule has 1 N–H and O–H groups in total. The Labute approximate surface area is 124 Å². The number of hydrogen-bond acceptors (Lipinski definition) is 3. The predicted octanol–water partition coefficient (Wildman–Crippen LogP) is 4.65. The molecule has 0 saturated carbocycles. The van der Waals surface area contributed by atoms with Gasteiger partial charge in [0.2, 0.25) is 0 Å². The molecule has 0 saturated heterocycles. The van der Waals surface area contributed by atoms with Crippen LogP contribution in [0.15, 0.2) is 36.4 Å². The lowest BCUT2D eigenvalue weighted by Gasteiger charge is -2.09. The normalized spacial score (nSPS) is 10.3. The molecule has 104 valence electrons. The van der Waals surface area contributed by atoms with Gasteiger partial charge in [-0.25, -0.2) is 4.39 Å². The van der Waals surface area contributed by atoms with Gasteiger partial charge in [-0.05, 0) is 35.9 Å². The molecule has 0 spiro atoms. The molecular formula is C13H9Cl2FN2O2. The van der Waals surface area contributed by atoms with Crippen molar-refractivity contribution in [1.29, 1.82) is 0 Å². The summed E-state index contributed by atoms with van der Waals surface area (Å²) in [5, 5.41) is 14.7. The third kappa shape index (κ3) is 3.37. The molecule has 20 heavy (non-hydrogen) atoms. The molecule has 0 atom stereocenters. The van der Waals surface area contributed by atoms with Crippen LogP contribution in [0.5, 0.6) is 0 Å². The maximum atomic E-state index is 13.0. The third-order valence-electron chi connectivity index (χ3n) is 2.63. The molecule has 2 aromatic rings. The van der Waals surface area contributed by atoms with Crippen LogP contribution in [0.3, 0.4) is 0 Å². The highest BCUT2D eigenvalue weighted by atomic mass is 35.5. The Morgan fingerprint density at radius 1 is 1.20 bits per heavy atom. The van der Waals surface area contributed by atoms with Gasteiger partial charge in [-0.15, -0.1) is 0 Å². The minimum atomic E-state index is -0.664. The van der Waals surface area contributed by atoms with Crippen LogP contribution in [0.4, 0.5) is 15.8 Å². The van der Waals surface area contributed by atoms with E-state index < -0.39 is 10.7 Å². The molecule has 0 amide bonds. The van der Waals surface area contributed by atoms with Gasteiger partial charge in [0.1, 0.15) is 11.5 Å². The summed E-state index contributed by atoms with van der Waals surface area (Å²) in [6, 6.07) is 8.27. The molecule has 0 aliphatic carbocycles. The molecule has 0 heterocycles. The van der Waals surface area contributed by atoms with Crippen LogP contribution in [0.1, 0.15) is 5.56 Å². The number of benzene rings is 2. The Morgan fingerprint density at radius 3 is 2.65 bits per heavy atom. The second-order valence-electron chi connectivity index (χ2n) is 4.01. The molecule has 0 unspecified atom stereocenters. The molecule has 7 heteroatoms. The first-order valence-corrected chi connectivity index (χ1v) is 6.34. The molecule has 2 aromatic carbocycles. The fraction of sp³-hybridized carbons (Fsp3) is 0.0769. The number of halogens is 3. The maximum Gasteiger partial charge on any atom is 0.295 e. The van der Waals surface area contributed by atoms with Crippen molar-refractivity contribution in [3.05, 3.63) is 67.9 Å². The van der Waals surface area contributed by atoms with Crippen molar-refractivity contribution in [1.82, 2.24) is 0 Å². The maximum absolute atomic E-state index is 13.0. The van der Waals surface area contributed by atoms with Crippen molar-refractivity contribution >= 4 is 34.6 Å². The number of nitrogens with one attached hydrogen (secondary N) is 1. The smallest absolute Gasteiger partial charge is 0.295 e. The van der Waals surface area contributed by atoms with Crippen molar-refractivity contribution < 1.29 is 9.31 Å². The SMILES string of the molecule is O=[N+]([O-])c1cc(F)ccc1NCc1cc(Cl)ccc1Cl. The number of rotatable bonds is 4. The summed E-state index contributed by atoms with van der Waals surface area (Å²) < 4.78 is 13.0. The van der Waals surface area contributed by atoms with E-state index in [0.717, 1.165) is 12.1 Å². The van der Waals surface area contributed by atoms with Gasteiger partial charge >= 0.3 is 0 Å². The highest BCUT2D eigenvalue weighted by Crippen LogP contribution is 2.27. The lowest BCUT2D eigenvalue weighted by Crippen LogP contribution is -2.03.